The topological polar surface area (TPSA) is 42.8 Å². The predicted molar refractivity (Wildman–Crippen MR) is 68.9 cm³/mol. The van der Waals surface area contributed by atoms with Crippen LogP contribution in [0.4, 0.5) is 0 Å². The highest BCUT2D eigenvalue weighted by molar-refractivity contribution is 7.71. The van der Waals surface area contributed by atoms with E-state index >= 15 is 0 Å². The molecule has 90 valence electrons. The molecule has 2 aromatic rings. The van der Waals surface area contributed by atoms with Gasteiger partial charge in [0.1, 0.15) is 6.61 Å². The van der Waals surface area contributed by atoms with Crippen molar-refractivity contribution in [2.75, 3.05) is 7.11 Å². The SMILES string of the molecule is COCc1n[nH]c(=S)n1-c1ccc(C)c(C)c1. The van der Waals surface area contributed by atoms with Gasteiger partial charge in [-0.25, -0.2) is 0 Å². The van der Waals surface area contributed by atoms with E-state index in [2.05, 4.69) is 36.2 Å². The number of rotatable bonds is 3. The van der Waals surface area contributed by atoms with Crippen LogP contribution in [0.25, 0.3) is 5.69 Å². The minimum absolute atomic E-state index is 0.431. The van der Waals surface area contributed by atoms with E-state index in [1.165, 1.54) is 11.1 Å². The molecule has 4 nitrogen and oxygen atoms in total. The third-order valence-electron chi connectivity index (χ3n) is 2.76. The summed E-state index contributed by atoms with van der Waals surface area (Å²) in [5.74, 6) is 0.778. The molecule has 5 heteroatoms. The van der Waals surface area contributed by atoms with Gasteiger partial charge >= 0.3 is 0 Å². The lowest BCUT2D eigenvalue weighted by Gasteiger charge is -2.08. The molecule has 0 fully saturated rings. The van der Waals surface area contributed by atoms with Crippen LogP contribution in [-0.2, 0) is 11.3 Å². The van der Waals surface area contributed by atoms with Crippen LogP contribution in [0.1, 0.15) is 17.0 Å². The molecule has 0 aliphatic heterocycles. The number of aryl methyl sites for hydroxylation is 2. The zero-order valence-electron chi connectivity index (χ0n) is 10.2. The van der Waals surface area contributed by atoms with Gasteiger partial charge in [-0.1, -0.05) is 6.07 Å². The second kappa shape index (κ2) is 4.81. The van der Waals surface area contributed by atoms with Crippen molar-refractivity contribution in [2.24, 2.45) is 0 Å². The number of ether oxygens (including phenoxy) is 1. The quantitative estimate of drug-likeness (QED) is 0.850. The molecule has 0 saturated heterocycles. The number of benzene rings is 1. The van der Waals surface area contributed by atoms with Gasteiger partial charge in [-0.15, -0.1) is 0 Å². The highest BCUT2D eigenvalue weighted by Gasteiger charge is 2.08. The van der Waals surface area contributed by atoms with Gasteiger partial charge in [-0.05, 0) is 49.3 Å². The van der Waals surface area contributed by atoms with Crippen molar-refractivity contribution < 1.29 is 4.74 Å². The summed E-state index contributed by atoms with van der Waals surface area (Å²) in [6, 6.07) is 6.21. The number of aromatic nitrogens is 3. The highest BCUT2D eigenvalue weighted by atomic mass is 32.1. The van der Waals surface area contributed by atoms with Crippen molar-refractivity contribution in [3.8, 4) is 5.69 Å². The van der Waals surface area contributed by atoms with E-state index in [0.717, 1.165) is 11.5 Å². The van der Waals surface area contributed by atoms with Crippen molar-refractivity contribution in [3.63, 3.8) is 0 Å². The Labute approximate surface area is 105 Å². The number of methoxy groups -OCH3 is 1. The van der Waals surface area contributed by atoms with Gasteiger partial charge in [-0.2, -0.15) is 5.10 Å². The first-order valence-electron chi connectivity index (χ1n) is 5.36. The molecule has 0 bridgehead atoms. The van der Waals surface area contributed by atoms with Crippen molar-refractivity contribution in [2.45, 2.75) is 20.5 Å². The van der Waals surface area contributed by atoms with Crippen molar-refractivity contribution in [1.82, 2.24) is 14.8 Å². The van der Waals surface area contributed by atoms with E-state index in [4.69, 9.17) is 17.0 Å². The zero-order chi connectivity index (χ0) is 12.4. The maximum Gasteiger partial charge on any atom is 0.199 e. The number of nitrogens with one attached hydrogen (secondary N) is 1. The summed E-state index contributed by atoms with van der Waals surface area (Å²) in [5.41, 5.74) is 3.50. The standard InChI is InChI=1S/C12H15N3OS/c1-8-4-5-10(6-9(8)2)15-11(7-16-3)13-14-12(15)17/h4-6H,7H2,1-3H3,(H,14,17). The summed E-state index contributed by atoms with van der Waals surface area (Å²) < 4.78 is 7.59. The molecule has 0 atom stereocenters. The van der Waals surface area contributed by atoms with Crippen LogP contribution in [0.5, 0.6) is 0 Å². The molecule has 17 heavy (non-hydrogen) atoms. The molecule has 1 aromatic heterocycles. The third-order valence-corrected chi connectivity index (χ3v) is 3.04. The molecule has 2 rings (SSSR count). The molecule has 0 unspecified atom stereocenters. The Balaban J connectivity index is 2.55. The van der Waals surface area contributed by atoms with E-state index in [1.54, 1.807) is 7.11 Å². The van der Waals surface area contributed by atoms with Crippen LogP contribution in [0.3, 0.4) is 0 Å². The number of hydrogen-bond acceptors (Lipinski definition) is 3. The maximum absolute atomic E-state index is 5.23. The molecular weight excluding hydrogens is 234 g/mol. The normalized spacial score (nSPS) is 10.8. The van der Waals surface area contributed by atoms with Gasteiger partial charge < -0.3 is 4.74 Å². The van der Waals surface area contributed by atoms with E-state index in [-0.39, 0.29) is 0 Å². The molecule has 0 amide bonds. The highest BCUT2D eigenvalue weighted by Crippen LogP contribution is 2.16. The van der Waals surface area contributed by atoms with Crippen molar-refractivity contribution in [3.05, 3.63) is 39.9 Å². The Kier molecular flexibility index (Phi) is 3.40. The van der Waals surface area contributed by atoms with Crippen LogP contribution in [0.2, 0.25) is 0 Å². The lowest BCUT2D eigenvalue weighted by Crippen LogP contribution is -2.03. The average Bonchev–Trinajstić information content (AvgIpc) is 2.65. The summed E-state index contributed by atoms with van der Waals surface area (Å²) in [5, 5.41) is 6.95. The van der Waals surface area contributed by atoms with E-state index in [1.807, 2.05) is 10.6 Å². The predicted octanol–water partition coefficient (Wildman–Crippen LogP) is 2.69. The first kappa shape index (κ1) is 12.0. The van der Waals surface area contributed by atoms with E-state index in [0.29, 0.717) is 11.4 Å². The fourth-order valence-electron chi connectivity index (χ4n) is 1.69. The zero-order valence-corrected chi connectivity index (χ0v) is 11.0. The molecule has 0 spiro atoms. The van der Waals surface area contributed by atoms with Crippen LogP contribution in [0, 0.1) is 18.6 Å². The van der Waals surface area contributed by atoms with Crippen molar-refractivity contribution in [1.29, 1.82) is 0 Å². The van der Waals surface area contributed by atoms with Crippen LogP contribution in [-0.4, -0.2) is 21.9 Å². The largest absolute Gasteiger partial charge is 0.377 e. The Morgan fingerprint density at radius 3 is 2.76 bits per heavy atom. The van der Waals surface area contributed by atoms with E-state index < -0.39 is 0 Å². The number of hydrogen-bond donors (Lipinski definition) is 1. The minimum atomic E-state index is 0.431. The third kappa shape index (κ3) is 2.30. The molecular formula is C12H15N3OS. The molecule has 1 aromatic carbocycles. The summed E-state index contributed by atoms with van der Waals surface area (Å²) in [4.78, 5) is 0. The van der Waals surface area contributed by atoms with Gasteiger partial charge in [0, 0.05) is 12.8 Å². The number of H-pyrrole nitrogens is 1. The molecule has 0 aliphatic rings. The molecule has 1 heterocycles. The Morgan fingerprint density at radius 2 is 2.12 bits per heavy atom. The first-order chi connectivity index (χ1) is 8.13. The summed E-state index contributed by atoms with van der Waals surface area (Å²) in [6.07, 6.45) is 0. The van der Waals surface area contributed by atoms with Crippen LogP contribution in [0.15, 0.2) is 18.2 Å². The smallest absolute Gasteiger partial charge is 0.199 e. The fourth-order valence-corrected chi connectivity index (χ4v) is 1.94. The monoisotopic (exact) mass is 249 g/mol. The van der Waals surface area contributed by atoms with Crippen molar-refractivity contribution >= 4 is 12.2 Å². The molecule has 0 radical (unpaired) electrons. The van der Waals surface area contributed by atoms with Gasteiger partial charge in [-0.3, -0.25) is 9.67 Å². The van der Waals surface area contributed by atoms with Gasteiger partial charge in [0.05, 0.1) is 0 Å². The number of aromatic amines is 1. The lowest BCUT2D eigenvalue weighted by atomic mass is 10.1. The van der Waals surface area contributed by atoms with Gasteiger partial charge in [0.15, 0.2) is 10.6 Å². The van der Waals surface area contributed by atoms with Crippen LogP contribution < -0.4 is 0 Å². The lowest BCUT2D eigenvalue weighted by molar-refractivity contribution is 0.176. The fraction of sp³-hybridized carbons (Fsp3) is 0.333. The second-order valence-electron chi connectivity index (χ2n) is 3.98. The van der Waals surface area contributed by atoms with E-state index in [9.17, 15) is 0 Å². The Hall–Kier alpha value is -1.46. The average molecular weight is 249 g/mol. The molecule has 0 aliphatic carbocycles. The second-order valence-corrected chi connectivity index (χ2v) is 4.37. The first-order valence-corrected chi connectivity index (χ1v) is 5.77. The molecule has 0 saturated carbocycles. The van der Waals surface area contributed by atoms with Gasteiger partial charge in [0.2, 0.25) is 0 Å². The summed E-state index contributed by atoms with van der Waals surface area (Å²) in [6.45, 7) is 4.60. The molecule has 1 N–H and O–H groups in total. The number of nitrogens with zero attached hydrogens (tertiary/aromatic N) is 2. The maximum atomic E-state index is 5.23. The van der Waals surface area contributed by atoms with Crippen LogP contribution >= 0.6 is 12.2 Å². The minimum Gasteiger partial charge on any atom is -0.377 e. The summed E-state index contributed by atoms with van der Waals surface area (Å²) >= 11 is 5.23. The Bertz CT molecular complexity index is 586. The van der Waals surface area contributed by atoms with Gasteiger partial charge in [0.25, 0.3) is 0 Å². The summed E-state index contributed by atoms with van der Waals surface area (Å²) in [7, 11) is 1.64. The Morgan fingerprint density at radius 1 is 1.35 bits per heavy atom.